The Balaban J connectivity index is 1.37. The van der Waals surface area contributed by atoms with Gasteiger partial charge in [0.1, 0.15) is 6.54 Å². The van der Waals surface area contributed by atoms with Crippen LogP contribution in [-0.2, 0) is 16.1 Å². The van der Waals surface area contributed by atoms with Crippen molar-refractivity contribution in [3.8, 4) is 11.4 Å². The van der Waals surface area contributed by atoms with Crippen LogP contribution in [0.3, 0.4) is 0 Å². The minimum absolute atomic E-state index is 0.0767. The SMILES string of the molecule is O=C1[C@H]2N=NN(Cc3nc(-c4cccc(Br)c4)no3)[C@@H]2C(=O)N1c1ccccc1. The van der Waals surface area contributed by atoms with Crippen LogP contribution in [0.4, 0.5) is 5.69 Å². The van der Waals surface area contributed by atoms with Gasteiger partial charge in [-0.05, 0) is 24.3 Å². The first-order chi connectivity index (χ1) is 14.1. The van der Waals surface area contributed by atoms with Crippen molar-refractivity contribution in [2.45, 2.75) is 18.6 Å². The average Bonchev–Trinajstić information content (AvgIpc) is 3.41. The number of halogens is 1. The Morgan fingerprint density at radius 1 is 1.03 bits per heavy atom. The van der Waals surface area contributed by atoms with E-state index in [1.54, 1.807) is 24.3 Å². The van der Waals surface area contributed by atoms with E-state index in [9.17, 15) is 9.59 Å². The topological polar surface area (TPSA) is 104 Å². The highest BCUT2D eigenvalue weighted by atomic mass is 79.9. The van der Waals surface area contributed by atoms with Gasteiger partial charge in [-0.3, -0.25) is 14.6 Å². The molecule has 10 heteroatoms. The largest absolute Gasteiger partial charge is 0.337 e. The van der Waals surface area contributed by atoms with Crippen LogP contribution in [0.2, 0.25) is 0 Å². The van der Waals surface area contributed by atoms with Gasteiger partial charge in [-0.15, -0.1) is 0 Å². The van der Waals surface area contributed by atoms with E-state index < -0.39 is 18.0 Å². The Kier molecular flexibility index (Phi) is 4.20. The highest BCUT2D eigenvalue weighted by molar-refractivity contribution is 9.10. The molecule has 0 bridgehead atoms. The van der Waals surface area contributed by atoms with Crippen LogP contribution in [0, 0.1) is 0 Å². The molecule has 144 valence electrons. The Bertz CT molecular complexity index is 1130. The second-order valence-corrected chi connectivity index (χ2v) is 7.48. The lowest BCUT2D eigenvalue weighted by atomic mass is 10.1. The number of carbonyl (C=O) groups is 2. The van der Waals surface area contributed by atoms with Gasteiger partial charge < -0.3 is 4.52 Å². The van der Waals surface area contributed by atoms with Crippen molar-refractivity contribution in [3.63, 3.8) is 0 Å². The maximum Gasteiger partial charge on any atom is 0.263 e. The zero-order valence-electron chi connectivity index (χ0n) is 14.8. The number of anilines is 1. The minimum Gasteiger partial charge on any atom is -0.337 e. The summed E-state index contributed by atoms with van der Waals surface area (Å²) in [6.45, 7) is 0.0767. The summed E-state index contributed by atoms with van der Waals surface area (Å²) in [5, 5.41) is 13.4. The van der Waals surface area contributed by atoms with Crippen molar-refractivity contribution in [3.05, 3.63) is 65.0 Å². The molecule has 0 spiro atoms. The lowest BCUT2D eigenvalue weighted by Gasteiger charge is -2.19. The fourth-order valence-electron chi connectivity index (χ4n) is 3.39. The first kappa shape index (κ1) is 17.7. The molecule has 0 N–H and O–H groups in total. The van der Waals surface area contributed by atoms with E-state index in [1.807, 2.05) is 30.3 Å². The zero-order chi connectivity index (χ0) is 20.0. The van der Waals surface area contributed by atoms with Crippen molar-refractivity contribution in [1.29, 1.82) is 0 Å². The molecule has 1 aromatic heterocycles. The molecule has 9 nitrogen and oxygen atoms in total. The Hall–Kier alpha value is -3.40. The number of fused-ring (bicyclic) bond motifs is 1. The maximum atomic E-state index is 12.9. The summed E-state index contributed by atoms with van der Waals surface area (Å²) >= 11 is 3.41. The molecule has 1 saturated heterocycles. The number of rotatable bonds is 4. The van der Waals surface area contributed by atoms with Gasteiger partial charge >= 0.3 is 0 Å². The van der Waals surface area contributed by atoms with E-state index >= 15 is 0 Å². The summed E-state index contributed by atoms with van der Waals surface area (Å²) in [5.41, 5.74) is 1.31. The molecule has 5 rings (SSSR count). The van der Waals surface area contributed by atoms with E-state index in [-0.39, 0.29) is 18.3 Å². The summed E-state index contributed by atoms with van der Waals surface area (Å²) in [6, 6.07) is 14.6. The van der Waals surface area contributed by atoms with E-state index in [0.29, 0.717) is 11.5 Å². The van der Waals surface area contributed by atoms with E-state index in [4.69, 9.17) is 4.52 Å². The van der Waals surface area contributed by atoms with Gasteiger partial charge in [-0.25, -0.2) is 4.90 Å². The molecular formula is C19H13BrN6O3. The Morgan fingerprint density at radius 3 is 2.66 bits per heavy atom. The van der Waals surface area contributed by atoms with Crippen LogP contribution < -0.4 is 4.90 Å². The molecule has 0 aliphatic carbocycles. The fourth-order valence-corrected chi connectivity index (χ4v) is 3.79. The third kappa shape index (κ3) is 3.01. The zero-order valence-corrected chi connectivity index (χ0v) is 16.4. The van der Waals surface area contributed by atoms with Crippen molar-refractivity contribution >= 4 is 33.4 Å². The highest BCUT2D eigenvalue weighted by Gasteiger charge is 2.55. The van der Waals surface area contributed by atoms with Gasteiger partial charge in [-0.2, -0.15) is 10.1 Å². The number of hydrogen-bond donors (Lipinski definition) is 0. The number of benzene rings is 2. The number of carbonyl (C=O) groups excluding carboxylic acids is 2. The number of aromatic nitrogens is 2. The van der Waals surface area contributed by atoms with Crippen LogP contribution in [0.15, 0.2) is 73.9 Å². The molecule has 0 radical (unpaired) electrons. The third-order valence-corrected chi connectivity index (χ3v) is 5.21. The molecule has 1 fully saturated rings. The first-order valence-electron chi connectivity index (χ1n) is 8.80. The molecule has 2 atom stereocenters. The summed E-state index contributed by atoms with van der Waals surface area (Å²) in [6.07, 6.45) is 0. The van der Waals surface area contributed by atoms with Crippen molar-refractivity contribution in [1.82, 2.24) is 15.1 Å². The van der Waals surface area contributed by atoms with Crippen LogP contribution in [0.5, 0.6) is 0 Å². The second-order valence-electron chi connectivity index (χ2n) is 6.56. The first-order valence-corrected chi connectivity index (χ1v) is 9.60. The molecule has 2 aliphatic rings. The van der Waals surface area contributed by atoms with Gasteiger partial charge in [0.05, 0.1) is 5.69 Å². The quantitative estimate of drug-likeness (QED) is 0.563. The van der Waals surface area contributed by atoms with Gasteiger partial charge in [0.15, 0.2) is 12.1 Å². The average molecular weight is 453 g/mol. The van der Waals surface area contributed by atoms with Crippen molar-refractivity contribution in [2.24, 2.45) is 10.3 Å². The third-order valence-electron chi connectivity index (χ3n) is 4.72. The van der Waals surface area contributed by atoms with Gasteiger partial charge in [0, 0.05) is 10.0 Å². The lowest BCUT2D eigenvalue weighted by molar-refractivity contribution is -0.123. The molecule has 2 aromatic carbocycles. The van der Waals surface area contributed by atoms with E-state index in [0.717, 1.165) is 14.9 Å². The van der Waals surface area contributed by atoms with Crippen LogP contribution >= 0.6 is 15.9 Å². The van der Waals surface area contributed by atoms with Gasteiger partial charge in [0.25, 0.3) is 11.8 Å². The molecule has 2 aliphatic heterocycles. The van der Waals surface area contributed by atoms with Crippen LogP contribution in [0.25, 0.3) is 11.4 Å². The molecule has 0 unspecified atom stereocenters. The predicted molar refractivity (Wildman–Crippen MR) is 104 cm³/mol. The summed E-state index contributed by atoms with van der Waals surface area (Å²) < 4.78 is 6.21. The molecule has 0 saturated carbocycles. The van der Waals surface area contributed by atoms with Gasteiger partial charge in [-0.1, -0.05) is 56.6 Å². The predicted octanol–water partition coefficient (Wildman–Crippen LogP) is 2.99. The fraction of sp³-hybridized carbons (Fsp3) is 0.158. The monoisotopic (exact) mass is 452 g/mol. The van der Waals surface area contributed by atoms with Crippen LogP contribution in [-0.4, -0.2) is 39.0 Å². The number of nitrogens with zero attached hydrogens (tertiary/aromatic N) is 6. The number of imide groups is 1. The normalized spacial score (nSPS) is 20.6. The minimum atomic E-state index is -0.866. The van der Waals surface area contributed by atoms with Gasteiger partial charge in [0.2, 0.25) is 11.7 Å². The summed E-state index contributed by atoms with van der Waals surface area (Å²) in [4.78, 5) is 31.1. The van der Waals surface area contributed by atoms with E-state index in [1.165, 1.54) is 5.01 Å². The smallest absolute Gasteiger partial charge is 0.263 e. The van der Waals surface area contributed by atoms with Crippen molar-refractivity contribution < 1.29 is 14.1 Å². The molecule has 2 amide bonds. The summed E-state index contributed by atoms with van der Waals surface area (Å²) in [5.74, 6) is -0.0626. The molecule has 3 heterocycles. The number of amides is 2. The highest BCUT2D eigenvalue weighted by Crippen LogP contribution is 2.32. The second kappa shape index (κ2) is 6.89. The number of hydrogen-bond acceptors (Lipinski definition) is 8. The van der Waals surface area contributed by atoms with Crippen LogP contribution in [0.1, 0.15) is 5.89 Å². The summed E-state index contributed by atoms with van der Waals surface area (Å²) in [7, 11) is 0. The molecular weight excluding hydrogens is 440 g/mol. The number of para-hydroxylation sites is 1. The van der Waals surface area contributed by atoms with E-state index in [2.05, 4.69) is 36.4 Å². The maximum absolute atomic E-state index is 12.9. The molecule has 3 aromatic rings. The standard InChI is InChI=1S/C19H13BrN6O3/c20-12-6-4-5-11(9-12)17-21-14(29-23-17)10-25-16-15(22-24-25)18(27)26(19(16)28)13-7-2-1-3-8-13/h1-9,15-16H,10H2/t15-,16-/m0/s1. The molecule has 29 heavy (non-hydrogen) atoms. The Morgan fingerprint density at radius 2 is 1.86 bits per heavy atom. The Labute approximate surface area is 173 Å². The lowest BCUT2D eigenvalue weighted by Crippen LogP contribution is -2.39. The van der Waals surface area contributed by atoms with Crippen molar-refractivity contribution in [2.75, 3.05) is 4.90 Å².